The molecule has 0 radical (unpaired) electrons. The molecule has 2 rings (SSSR count). The molecule has 3 atom stereocenters. The van der Waals surface area contributed by atoms with Gasteiger partial charge in [-0.15, -0.1) is 0 Å². The zero-order valence-corrected chi connectivity index (χ0v) is 21.2. The van der Waals surface area contributed by atoms with Gasteiger partial charge in [-0.05, 0) is 36.6 Å². The predicted molar refractivity (Wildman–Crippen MR) is 138 cm³/mol. The van der Waals surface area contributed by atoms with Crippen LogP contribution >= 0.6 is 0 Å². The van der Waals surface area contributed by atoms with Crippen LogP contribution in [-0.2, 0) is 36.8 Å². The lowest BCUT2D eigenvalue weighted by atomic mass is 10.0. The van der Waals surface area contributed by atoms with Crippen molar-refractivity contribution in [3.63, 3.8) is 0 Å². The molecule has 0 saturated heterocycles. The normalized spacial score (nSPS) is 12.9. The van der Waals surface area contributed by atoms with Crippen LogP contribution in [0, 0.1) is 0 Å². The van der Waals surface area contributed by atoms with Crippen LogP contribution in [0.15, 0.2) is 54.6 Å². The summed E-state index contributed by atoms with van der Waals surface area (Å²) in [5.74, 6) is -3.58. The minimum Gasteiger partial charge on any atom is -0.508 e. The molecule has 12 heteroatoms. The van der Waals surface area contributed by atoms with Crippen molar-refractivity contribution < 1.29 is 34.2 Å². The Bertz CT molecular complexity index is 1120. The number of rotatable bonds is 13. The van der Waals surface area contributed by atoms with E-state index in [-0.39, 0.29) is 18.6 Å². The van der Waals surface area contributed by atoms with Crippen LogP contribution in [0.5, 0.6) is 5.75 Å². The second-order valence-corrected chi connectivity index (χ2v) is 8.75. The number of phenols is 1. The molecule has 0 saturated carbocycles. The minimum atomic E-state index is -1.23. The van der Waals surface area contributed by atoms with Crippen molar-refractivity contribution in [2.24, 2.45) is 5.73 Å². The number of hydrogen-bond donors (Lipinski definition) is 6. The third kappa shape index (κ3) is 9.54. The van der Waals surface area contributed by atoms with E-state index in [1.807, 2.05) is 0 Å². The smallest absolute Gasteiger partial charge is 0.322 e. The number of nitrogens with two attached hydrogens (primary N) is 1. The van der Waals surface area contributed by atoms with Crippen LogP contribution in [0.2, 0.25) is 0 Å². The van der Waals surface area contributed by atoms with Crippen LogP contribution in [0.1, 0.15) is 18.1 Å². The van der Waals surface area contributed by atoms with Crippen molar-refractivity contribution >= 4 is 29.6 Å². The van der Waals surface area contributed by atoms with Crippen LogP contribution in [0.4, 0.5) is 0 Å². The Morgan fingerprint density at radius 1 is 0.842 bits per heavy atom. The van der Waals surface area contributed by atoms with Crippen molar-refractivity contribution in [3.05, 3.63) is 65.7 Å². The maximum atomic E-state index is 12.8. The van der Waals surface area contributed by atoms with Gasteiger partial charge in [0.2, 0.25) is 23.6 Å². The van der Waals surface area contributed by atoms with Gasteiger partial charge in [0.15, 0.2) is 0 Å². The molecule has 12 nitrogen and oxygen atoms in total. The average Bonchev–Trinajstić information content (AvgIpc) is 2.90. The Labute approximate surface area is 220 Å². The topological polar surface area (TPSA) is 191 Å². The molecule has 0 aromatic heterocycles. The molecular weight excluding hydrogens is 494 g/mol. The molecular formula is C26H33N5O7. The molecule has 7 N–H and O–H groups in total. The minimum absolute atomic E-state index is 0.0875. The predicted octanol–water partition coefficient (Wildman–Crippen LogP) is -0.847. The van der Waals surface area contributed by atoms with Crippen molar-refractivity contribution in [1.82, 2.24) is 20.9 Å². The number of amides is 4. The van der Waals surface area contributed by atoms with E-state index in [0.717, 1.165) is 16.0 Å². The monoisotopic (exact) mass is 527 g/mol. The lowest BCUT2D eigenvalue weighted by molar-refractivity contribution is -0.141. The molecule has 0 aliphatic rings. The standard InChI is InChI=1S/C26H33N5O7/c1-16(30-25(37)20(27)12-18-8-10-19(32)11-9-18)24(36)28-14-22(33)31(2)21(26(38)29-15-23(34)35)13-17-6-4-3-5-7-17/h3-11,16,20-21,32H,12-15,27H2,1-2H3,(H,28,36)(H,29,38)(H,30,37)(H,34,35)/t16-,20+,21+/m0/s1. The first-order valence-electron chi connectivity index (χ1n) is 11.9. The summed E-state index contributed by atoms with van der Waals surface area (Å²) < 4.78 is 0. The third-order valence-electron chi connectivity index (χ3n) is 5.74. The zero-order chi connectivity index (χ0) is 28.2. The number of carboxylic acids is 1. The van der Waals surface area contributed by atoms with E-state index in [9.17, 15) is 29.1 Å². The first kappa shape index (κ1) is 29.8. The van der Waals surface area contributed by atoms with Gasteiger partial charge in [0, 0.05) is 13.5 Å². The first-order valence-corrected chi connectivity index (χ1v) is 11.9. The largest absolute Gasteiger partial charge is 0.508 e. The summed E-state index contributed by atoms with van der Waals surface area (Å²) in [7, 11) is 1.38. The zero-order valence-electron chi connectivity index (χ0n) is 21.2. The van der Waals surface area contributed by atoms with Crippen molar-refractivity contribution in [1.29, 1.82) is 0 Å². The number of nitrogens with zero attached hydrogens (tertiary/aromatic N) is 1. The van der Waals surface area contributed by atoms with E-state index in [0.29, 0.717) is 0 Å². The van der Waals surface area contributed by atoms with E-state index < -0.39 is 60.8 Å². The van der Waals surface area contributed by atoms with Gasteiger partial charge in [0.1, 0.15) is 24.4 Å². The number of carboxylic acid groups (broad SMARTS) is 1. The second-order valence-electron chi connectivity index (χ2n) is 8.75. The van der Waals surface area contributed by atoms with E-state index in [1.165, 1.54) is 26.1 Å². The number of phenolic OH excluding ortho intramolecular Hbond substituents is 1. The van der Waals surface area contributed by atoms with Crippen molar-refractivity contribution in [2.75, 3.05) is 20.1 Å². The van der Waals surface area contributed by atoms with E-state index in [1.54, 1.807) is 42.5 Å². The van der Waals surface area contributed by atoms with Gasteiger partial charge in [-0.1, -0.05) is 42.5 Å². The Morgan fingerprint density at radius 2 is 1.42 bits per heavy atom. The highest BCUT2D eigenvalue weighted by Gasteiger charge is 2.28. The number of benzene rings is 2. The Hall–Kier alpha value is -4.45. The van der Waals surface area contributed by atoms with Gasteiger partial charge in [-0.25, -0.2) is 0 Å². The molecule has 0 heterocycles. The molecule has 204 valence electrons. The summed E-state index contributed by atoms with van der Waals surface area (Å²) in [5.41, 5.74) is 7.41. The third-order valence-corrected chi connectivity index (χ3v) is 5.74. The van der Waals surface area contributed by atoms with Gasteiger partial charge < -0.3 is 36.8 Å². The van der Waals surface area contributed by atoms with E-state index >= 15 is 0 Å². The Balaban J connectivity index is 1.92. The first-order chi connectivity index (χ1) is 18.0. The lowest BCUT2D eigenvalue weighted by Gasteiger charge is -2.27. The van der Waals surface area contributed by atoms with Crippen LogP contribution in [0.25, 0.3) is 0 Å². The summed E-state index contributed by atoms with van der Waals surface area (Å²) in [4.78, 5) is 62.3. The molecule has 2 aromatic carbocycles. The highest BCUT2D eigenvalue weighted by Crippen LogP contribution is 2.11. The number of carbonyl (C=O) groups excluding carboxylic acids is 4. The summed E-state index contributed by atoms with van der Waals surface area (Å²) in [6.45, 7) is 0.383. The summed E-state index contributed by atoms with van der Waals surface area (Å²) in [6.07, 6.45) is 0.324. The van der Waals surface area contributed by atoms with Crippen LogP contribution < -0.4 is 21.7 Å². The van der Waals surface area contributed by atoms with Crippen molar-refractivity contribution in [2.45, 2.75) is 37.9 Å². The second kappa shape index (κ2) is 14.3. The molecule has 0 fully saturated rings. The lowest BCUT2D eigenvalue weighted by Crippen LogP contribution is -2.54. The fraction of sp³-hybridized carbons (Fsp3) is 0.346. The number of carbonyl (C=O) groups is 5. The maximum Gasteiger partial charge on any atom is 0.322 e. The SMILES string of the molecule is C[C@H](NC(=O)[C@H](N)Cc1ccc(O)cc1)C(=O)NCC(=O)N(C)[C@H](Cc1ccccc1)C(=O)NCC(=O)O. The van der Waals surface area contributed by atoms with Gasteiger partial charge >= 0.3 is 5.97 Å². The maximum absolute atomic E-state index is 12.8. The summed E-state index contributed by atoms with van der Waals surface area (Å²) >= 11 is 0. The van der Waals surface area contributed by atoms with E-state index in [4.69, 9.17) is 10.8 Å². The van der Waals surface area contributed by atoms with Gasteiger partial charge in [-0.3, -0.25) is 24.0 Å². The fourth-order valence-corrected chi connectivity index (χ4v) is 3.50. The molecule has 4 amide bonds. The van der Waals surface area contributed by atoms with Gasteiger partial charge in [-0.2, -0.15) is 0 Å². The number of hydrogen-bond acceptors (Lipinski definition) is 7. The number of nitrogens with one attached hydrogen (secondary N) is 3. The highest BCUT2D eigenvalue weighted by molar-refractivity contribution is 5.93. The molecule has 38 heavy (non-hydrogen) atoms. The van der Waals surface area contributed by atoms with Crippen molar-refractivity contribution in [3.8, 4) is 5.75 Å². The fourth-order valence-electron chi connectivity index (χ4n) is 3.50. The summed E-state index contributed by atoms with van der Waals surface area (Å²) in [5, 5.41) is 25.4. The quantitative estimate of drug-likeness (QED) is 0.194. The molecule has 0 bridgehead atoms. The average molecular weight is 528 g/mol. The van der Waals surface area contributed by atoms with Crippen LogP contribution in [-0.4, -0.2) is 83.0 Å². The Morgan fingerprint density at radius 3 is 2.03 bits per heavy atom. The number of aliphatic carboxylic acids is 1. The molecule has 2 aromatic rings. The van der Waals surface area contributed by atoms with Gasteiger partial charge in [0.25, 0.3) is 0 Å². The van der Waals surface area contributed by atoms with Crippen LogP contribution in [0.3, 0.4) is 0 Å². The molecule has 0 unspecified atom stereocenters. The molecule has 0 aliphatic heterocycles. The van der Waals surface area contributed by atoms with Gasteiger partial charge in [0.05, 0.1) is 12.6 Å². The summed E-state index contributed by atoms with van der Waals surface area (Å²) in [6, 6.07) is 12.2. The molecule has 0 spiro atoms. The number of likely N-dealkylation sites (N-methyl/N-ethyl adjacent to an activating group) is 1. The highest BCUT2D eigenvalue weighted by atomic mass is 16.4. The molecule has 0 aliphatic carbocycles. The number of aromatic hydroxyl groups is 1. The Kier molecular flexibility index (Phi) is 11.2. The van der Waals surface area contributed by atoms with E-state index in [2.05, 4.69) is 16.0 Å².